The molecule has 4 aliphatic carbocycles. The normalized spacial score (nSPS) is 26.0. The van der Waals surface area contributed by atoms with Crippen molar-refractivity contribution < 1.29 is 14.7 Å². The second-order valence-corrected chi connectivity index (χ2v) is 11.2. The van der Waals surface area contributed by atoms with Gasteiger partial charge in [-0.3, -0.25) is 4.79 Å². The van der Waals surface area contributed by atoms with E-state index in [0.29, 0.717) is 21.7 Å². The first-order valence-electron chi connectivity index (χ1n) is 12.6. The Bertz CT molecular complexity index is 1300. The van der Waals surface area contributed by atoms with E-state index in [1.54, 1.807) is 24.3 Å². The maximum absolute atomic E-state index is 13.0. The summed E-state index contributed by atoms with van der Waals surface area (Å²) in [6.45, 7) is 0. The summed E-state index contributed by atoms with van der Waals surface area (Å²) >= 11 is 6.32. The molecule has 0 unspecified atom stereocenters. The molecule has 7 rings (SSSR count). The number of carboxylic acid groups (broad SMARTS) is 1. The van der Waals surface area contributed by atoms with Crippen LogP contribution in [0.2, 0.25) is 5.02 Å². The Morgan fingerprint density at radius 2 is 1.61 bits per heavy atom. The van der Waals surface area contributed by atoms with E-state index in [1.165, 1.54) is 56.4 Å². The van der Waals surface area contributed by atoms with Crippen LogP contribution in [0, 0.1) is 17.8 Å². The lowest BCUT2D eigenvalue weighted by Crippen LogP contribution is -2.48. The summed E-state index contributed by atoms with van der Waals surface area (Å²) in [6, 6.07) is 16.3. The third-order valence-electron chi connectivity index (χ3n) is 8.31. The molecular formula is C29H28ClN3O3. The van der Waals surface area contributed by atoms with Crippen molar-refractivity contribution in [3.05, 3.63) is 82.5 Å². The summed E-state index contributed by atoms with van der Waals surface area (Å²) in [5.74, 6) is 1.46. The fraction of sp³-hybridized carbons (Fsp3) is 0.345. The molecule has 1 aromatic heterocycles. The molecule has 1 heterocycles. The molecule has 0 saturated heterocycles. The van der Waals surface area contributed by atoms with Crippen molar-refractivity contribution in [3.63, 3.8) is 0 Å². The van der Waals surface area contributed by atoms with Crippen LogP contribution < -0.4 is 10.6 Å². The number of aromatic nitrogens is 1. The minimum atomic E-state index is -1.10. The Morgan fingerprint density at radius 1 is 0.944 bits per heavy atom. The minimum Gasteiger partial charge on any atom is -0.478 e. The van der Waals surface area contributed by atoms with Crippen molar-refractivity contribution in [3.8, 4) is 0 Å². The summed E-state index contributed by atoms with van der Waals surface area (Å²) in [5, 5.41) is 15.7. The highest BCUT2D eigenvalue weighted by atomic mass is 35.5. The van der Waals surface area contributed by atoms with Crippen LogP contribution in [0.25, 0.3) is 0 Å². The molecule has 4 aliphatic rings. The summed E-state index contributed by atoms with van der Waals surface area (Å²) in [5.41, 5.74) is 3.32. The summed E-state index contributed by atoms with van der Waals surface area (Å²) in [7, 11) is 0. The average molecular weight is 502 g/mol. The Morgan fingerprint density at radius 3 is 2.25 bits per heavy atom. The fourth-order valence-corrected chi connectivity index (χ4v) is 7.31. The second kappa shape index (κ2) is 8.93. The van der Waals surface area contributed by atoms with Crippen LogP contribution in [-0.2, 0) is 5.41 Å². The van der Waals surface area contributed by atoms with Gasteiger partial charge in [-0.2, -0.15) is 0 Å². The van der Waals surface area contributed by atoms with E-state index in [4.69, 9.17) is 11.6 Å². The van der Waals surface area contributed by atoms with Crippen molar-refractivity contribution >= 4 is 40.7 Å². The summed E-state index contributed by atoms with van der Waals surface area (Å²) in [6.07, 6.45) is 9.68. The van der Waals surface area contributed by atoms with E-state index in [9.17, 15) is 14.7 Å². The average Bonchev–Trinajstić information content (AvgIpc) is 2.85. The number of hydrogen-bond acceptors (Lipinski definition) is 4. The number of halogens is 1. The highest BCUT2D eigenvalue weighted by molar-refractivity contribution is 6.33. The van der Waals surface area contributed by atoms with Crippen molar-refractivity contribution in [1.82, 2.24) is 4.98 Å². The molecule has 0 aliphatic heterocycles. The monoisotopic (exact) mass is 501 g/mol. The summed E-state index contributed by atoms with van der Waals surface area (Å²) < 4.78 is 0. The zero-order valence-corrected chi connectivity index (χ0v) is 20.6. The smallest absolute Gasteiger partial charge is 0.339 e. The lowest BCUT2D eigenvalue weighted by Gasteiger charge is -2.57. The molecule has 2 aromatic carbocycles. The standard InChI is InChI=1S/C29H28ClN3O3/c30-24-8-3-20(13-25(24)33-26-23(28(35)36)2-1-9-31-26)27(34)32-22-6-4-21(5-7-22)29-14-17-10-18(15-29)12-19(11-17)16-29/h1-9,13,17-19H,10-12,14-16H2,(H,31,33)(H,32,34)(H,35,36). The number of hydrogen-bond donors (Lipinski definition) is 3. The topological polar surface area (TPSA) is 91.3 Å². The van der Waals surface area contributed by atoms with Crippen LogP contribution >= 0.6 is 11.6 Å². The molecule has 4 fully saturated rings. The quantitative estimate of drug-likeness (QED) is 0.342. The molecule has 4 bridgehead atoms. The van der Waals surface area contributed by atoms with E-state index in [-0.39, 0.29) is 17.3 Å². The number of nitrogens with one attached hydrogen (secondary N) is 2. The van der Waals surface area contributed by atoms with Gasteiger partial charge in [0.2, 0.25) is 0 Å². The van der Waals surface area contributed by atoms with Gasteiger partial charge in [-0.15, -0.1) is 0 Å². The molecule has 0 spiro atoms. The Hall–Kier alpha value is -3.38. The highest BCUT2D eigenvalue weighted by Crippen LogP contribution is 2.60. The molecule has 0 radical (unpaired) electrons. The van der Waals surface area contributed by atoms with E-state index >= 15 is 0 Å². The number of aromatic carboxylic acids is 1. The molecule has 7 heteroatoms. The molecule has 1 amide bonds. The number of carbonyl (C=O) groups is 2. The van der Waals surface area contributed by atoms with Gasteiger partial charge in [0.1, 0.15) is 11.4 Å². The van der Waals surface area contributed by atoms with Crippen LogP contribution in [0.4, 0.5) is 17.2 Å². The van der Waals surface area contributed by atoms with Crippen LogP contribution in [0.1, 0.15) is 64.8 Å². The largest absolute Gasteiger partial charge is 0.478 e. The predicted octanol–water partition coefficient (Wildman–Crippen LogP) is 6.90. The molecule has 6 nitrogen and oxygen atoms in total. The number of carboxylic acids is 1. The molecule has 3 N–H and O–H groups in total. The number of anilines is 3. The first-order valence-corrected chi connectivity index (χ1v) is 12.9. The van der Waals surface area contributed by atoms with Gasteiger partial charge in [0.05, 0.1) is 10.7 Å². The van der Waals surface area contributed by atoms with Crippen LogP contribution in [-0.4, -0.2) is 22.0 Å². The number of pyridine rings is 1. The number of amides is 1. The molecular weight excluding hydrogens is 474 g/mol. The number of carbonyl (C=O) groups excluding carboxylic acids is 1. The van der Waals surface area contributed by atoms with Crippen LogP contribution in [0.3, 0.4) is 0 Å². The molecule has 0 atom stereocenters. The van der Waals surface area contributed by atoms with Gasteiger partial charge in [0.15, 0.2) is 0 Å². The van der Waals surface area contributed by atoms with Gasteiger partial charge >= 0.3 is 5.97 Å². The maximum atomic E-state index is 13.0. The number of nitrogens with zero attached hydrogens (tertiary/aromatic N) is 1. The summed E-state index contributed by atoms with van der Waals surface area (Å²) in [4.78, 5) is 28.6. The van der Waals surface area contributed by atoms with Crippen molar-refractivity contribution in [2.24, 2.45) is 17.8 Å². The highest BCUT2D eigenvalue weighted by Gasteiger charge is 2.51. The SMILES string of the molecule is O=C(Nc1ccc(C23CC4CC(CC(C4)C2)C3)cc1)c1ccc(Cl)c(Nc2ncccc2C(=O)O)c1. The first kappa shape index (κ1) is 23.0. The van der Waals surface area contributed by atoms with Crippen molar-refractivity contribution in [2.45, 2.75) is 43.9 Å². The fourth-order valence-electron chi connectivity index (χ4n) is 7.14. The van der Waals surface area contributed by atoms with E-state index in [0.717, 1.165) is 23.4 Å². The van der Waals surface area contributed by atoms with Gasteiger partial charge in [-0.25, -0.2) is 9.78 Å². The Labute approximate surface area is 215 Å². The molecule has 3 aromatic rings. The zero-order valence-electron chi connectivity index (χ0n) is 19.8. The molecule has 184 valence electrons. The zero-order chi connectivity index (χ0) is 24.9. The van der Waals surface area contributed by atoms with Gasteiger partial charge < -0.3 is 15.7 Å². The van der Waals surface area contributed by atoms with Gasteiger partial charge in [0, 0.05) is 17.4 Å². The molecule has 4 saturated carbocycles. The van der Waals surface area contributed by atoms with Crippen molar-refractivity contribution in [2.75, 3.05) is 10.6 Å². The minimum absolute atomic E-state index is 0.0162. The Balaban J connectivity index is 1.18. The van der Waals surface area contributed by atoms with Gasteiger partial charge in [-0.1, -0.05) is 23.7 Å². The lowest BCUT2D eigenvalue weighted by atomic mass is 9.48. The van der Waals surface area contributed by atoms with Crippen molar-refractivity contribution in [1.29, 1.82) is 0 Å². The Kier molecular flexibility index (Phi) is 5.72. The van der Waals surface area contributed by atoms with E-state index in [1.807, 2.05) is 12.1 Å². The lowest BCUT2D eigenvalue weighted by molar-refractivity contribution is -0.00518. The number of benzene rings is 2. The van der Waals surface area contributed by atoms with Gasteiger partial charge in [-0.05, 0) is 110 Å². The maximum Gasteiger partial charge on any atom is 0.339 e. The van der Waals surface area contributed by atoms with E-state index < -0.39 is 5.97 Å². The van der Waals surface area contributed by atoms with Gasteiger partial charge in [0.25, 0.3) is 5.91 Å². The third kappa shape index (κ3) is 4.24. The second-order valence-electron chi connectivity index (χ2n) is 10.8. The molecule has 36 heavy (non-hydrogen) atoms. The van der Waals surface area contributed by atoms with Crippen LogP contribution in [0.5, 0.6) is 0 Å². The van der Waals surface area contributed by atoms with E-state index in [2.05, 4.69) is 27.8 Å². The van der Waals surface area contributed by atoms with Crippen LogP contribution in [0.15, 0.2) is 60.8 Å². The third-order valence-corrected chi connectivity index (χ3v) is 8.64. The predicted molar refractivity (Wildman–Crippen MR) is 140 cm³/mol. The first-order chi connectivity index (χ1) is 17.4. The number of rotatable bonds is 6.